The van der Waals surface area contributed by atoms with Crippen molar-refractivity contribution >= 4 is 23.2 Å². The van der Waals surface area contributed by atoms with Crippen LogP contribution in [0, 0.1) is 12.3 Å². The first-order chi connectivity index (χ1) is 6.20. The van der Waals surface area contributed by atoms with Crippen LogP contribution >= 0.6 is 23.2 Å². The van der Waals surface area contributed by atoms with E-state index in [4.69, 9.17) is 29.6 Å². The van der Waals surface area contributed by atoms with Gasteiger partial charge in [0.2, 0.25) is 0 Å². The Bertz CT molecular complexity index is 321. The molecule has 0 spiro atoms. The molecule has 0 heterocycles. The van der Waals surface area contributed by atoms with Crippen LogP contribution in [0.15, 0.2) is 18.2 Å². The number of nitrogens with one attached hydrogen (secondary N) is 1. The minimum Gasteiger partial charge on any atom is -0.303 e. The van der Waals surface area contributed by atoms with Gasteiger partial charge in [-0.3, -0.25) is 0 Å². The standard InChI is InChI=1S/C10H9Cl2N/c1-3-9(13-2)10-7(11)5-4-6-8(10)12/h1,4-6,9,13H,2H3. The van der Waals surface area contributed by atoms with E-state index in [0.717, 1.165) is 5.56 Å². The summed E-state index contributed by atoms with van der Waals surface area (Å²) in [5.41, 5.74) is 0.760. The van der Waals surface area contributed by atoms with Gasteiger partial charge < -0.3 is 5.32 Å². The molecule has 0 aliphatic carbocycles. The van der Waals surface area contributed by atoms with Gasteiger partial charge in [-0.2, -0.15) is 0 Å². The molecule has 1 aromatic rings. The zero-order valence-electron chi connectivity index (χ0n) is 7.14. The molecule has 1 nitrogen and oxygen atoms in total. The first-order valence-electron chi connectivity index (χ1n) is 3.78. The smallest absolute Gasteiger partial charge is 0.0969 e. The summed E-state index contributed by atoms with van der Waals surface area (Å²) >= 11 is 11.9. The number of rotatable bonds is 2. The molecule has 0 fully saturated rings. The predicted octanol–water partition coefficient (Wildman–Crippen LogP) is 2.89. The monoisotopic (exact) mass is 213 g/mol. The van der Waals surface area contributed by atoms with E-state index in [9.17, 15) is 0 Å². The Kier molecular flexibility index (Phi) is 3.62. The minimum absolute atomic E-state index is 0.235. The average Bonchev–Trinajstić information content (AvgIpc) is 2.11. The summed E-state index contributed by atoms with van der Waals surface area (Å²) in [4.78, 5) is 0. The van der Waals surface area contributed by atoms with E-state index in [-0.39, 0.29) is 6.04 Å². The van der Waals surface area contributed by atoms with Gasteiger partial charge >= 0.3 is 0 Å². The van der Waals surface area contributed by atoms with Crippen molar-refractivity contribution in [1.82, 2.24) is 5.32 Å². The lowest BCUT2D eigenvalue weighted by atomic mass is 10.1. The number of hydrogen-bond donors (Lipinski definition) is 1. The summed E-state index contributed by atoms with van der Waals surface area (Å²) in [7, 11) is 1.77. The second-order valence-electron chi connectivity index (χ2n) is 2.52. The highest BCUT2D eigenvalue weighted by Crippen LogP contribution is 2.29. The number of hydrogen-bond acceptors (Lipinski definition) is 1. The van der Waals surface area contributed by atoms with E-state index >= 15 is 0 Å². The molecule has 0 saturated carbocycles. The van der Waals surface area contributed by atoms with Crippen LogP contribution in [-0.4, -0.2) is 7.05 Å². The lowest BCUT2D eigenvalue weighted by Gasteiger charge is -2.13. The summed E-state index contributed by atoms with van der Waals surface area (Å²) < 4.78 is 0. The third-order valence-electron chi connectivity index (χ3n) is 1.74. The van der Waals surface area contributed by atoms with Gasteiger partial charge in [-0.25, -0.2) is 0 Å². The van der Waals surface area contributed by atoms with E-state index in [1.807, 2.05) is 0 Å². The van der Waals surface area contributed by atoms with Crippen LogP contribution in [0.1, 0.15) is 11.6 Å². The molecule has 0 amide bonds. The topological polar surface area (TPSA) is 12.0 Å². The largest absolute Gasteiger partial charge is 0.303 e. The maximum absolute atomic E-state index is 5.96. The van der Waals surface area contributed by atoms with Gasteiger partial charge in [-0.1, -0.05) is 35.2 Å². The molecular weight excluding hydrogens is 205 g/mol. The fraction of sp³-hybridized carbons (Fsp3) is 0.200. The van der Waals surface area contributed by atoms with Gasteiger partial charge in [-0.15, -0.1) is 6.42 Å². The van der Waals surface area contributed by atoms with Crippen LogP contribution in [0.25, 0.3) is 0 Å². The summed E-state index contributed by atoms with van der Waals surface area (Å²) in [6, 6.07) is 5.09. The van der Waals surface area contributed by atoms with Crippen LogP contribution in [-0.2, 0) is 0 Å². The number of benzene rings is 1. The maximum atomic E-state index is 5.96. The van der Waals surface area contributed by atoms with Gasteiger partial charge in [0.25, 0.3) is 0 Å². The Morgan fingerprint density at radius 2 is 1.92 bits per heavy atom. The van der Waals surface area contributed by atoms with E-state index in [1.54, 1.807) is 25.2 Å². The lowest BCUT2D eigenvalue weighted by molar-refractivity contribution is 0.737. The summed E-state index contributed by atoms with van der Waals surface area (Å²) in [5.74, 6) is 2.57. The Balaban J connectivity index is 3.20. The van der Waals surface area contributed by atoms with E-state index in [2.05, 4.69) is 11.2 Å². The Labute approximate surface area is 88.0 Å². The fourth-order valence-corrected chi connectivity index (χ4v) is 1.71. The summed E-state index contributed by atoms with van der Waals surface area (Å²) in [6.45, 7) is 0. The van der Waals surface area contributed by atoms with Crippen LogP contribution in [0.5, 0.6) is 0 Å². The molecule has 1 rings (SSSR count). The van der Waals surface area contributed by atoms with Crippen molar-refractivity contribution in [2.75, 3.05) is 7.05 Å². The van der Waals surface area contributed by atoms with Crippen molar-refractivity contribution in [2.45, 2.75) is 6.04 Å². The van der Waals surface area contributed by atoms with Gasteiger partial charge in [0, 0.05) is 15.6 Å². The second kappa shape index (κ2) is 4.53. The zero-order chi connectivity index (χ0) is 9.84. The first-order valence-corrected chi connectivity index (χ1v) is 4.53. The Morgan fingerprint density at radius 3 is 2.31 bits per heavy atom. The number of terminal acetylenes is 1. The highest BCUT2D eigenvalue weighted by Gasteiger charge is 2.13. The van der Waals surface area contributed by atoms with Crippen LogP contribution in [0.4, 0.5) is 0 Å². The van der Waals surface area contributed by atoms with Crippen molar-refractivity contribution in [3.63, 3.8) is 0 Å². The molecule has 1 atom stereocenters. The molecule has 1 unspecified atom stereocenters. The van der Waals surface area contributed by atoms with E-state index in [0.29, 0.717) is 10.0 Å². The molecule has 0 aromatic heterocycles. The highest BCUT2D eigenvalue weighted by molar-refractivity contribution is 6.36. The zero-order valence-corrected chi connectivity index (χ0v) is 8.65. The molecule has 13 heavy (non-hydrogen) atoms. The minimum atomic E-state index is -0.235. The third kappa shape index (κ3) is 2.16. The third-order valence-corrected chi connectivity index (χ3v) is 2.40. The number of halogens is 2. The molecule has 0 saturated heterocycles. The van der Waals surface area contributed by atoms with Crippen molar-refractivity contribution < 1.29 is 0 Å². The van der Waals surface area contributed by atoms with E-state index < -0.39 is 0 Å². The van der Waals surface area contributed by atoms with Crippen molar-refractivity contribution in [3.05, 3.63) is 33.8 Å². The summed E-state index contributed by atoms with van der Waals surface area (Å²) in [5, 5.41) is 4.12. The molecule has 0 bridgehead atoms. The van der Waals surface area contributed by atoms with Crippen molar-refractivity contribution in [2.24, 2.45) is 0 Å². The molecule has 3 heteroatoms. The second-order valence-corrected chi connectivity index (χ2v) is 3.34. The molecule has 0 aliphatic rings. The molecule has 0 aliphatic heterocycles. The van der Waals surface area contributed by atoms with E-state index in [1.165, 1.54) is 0 Å². The van der Waals surface area contributed by atoms with Gasteiger partial charge in [0.15, 0.2) is 0 Å². The molecule has 0 radical (unpaired) electrons. The molecule has 1 aromatic carbocycles. The van der Waals surface area contributed by atoms with Gasteiger partial charge in [0.05, 0.1) is 6.04 Å². The fourth-order valence-electron chi connectivity index (χ4n) is 1.10. The normalized spacial score (nSPS) is 12.2. The lowest BCUT2D eigenvalue weighted by Crippen LogP contribution is -2.14. The maximum Gasteiger partial charge on any atom is 0.0969 e. The average molecular weight is 214 g/mol. The van der Waals surface area contributed by atoms with Crippen molar-refractivity contribution in [1.29, 1.82) is 0 Å². The van der Waals surface area contributed by atoms with Gasteiger partial charge in [0.1, 0.15) is 0 Å². The Morgan fingerprint density at radius 1 is 1.38 bits per heavy atom. The first kappa shape index (κ1) is 10.4. The molecule has 1 N–H and O–H groups in total. The van der Waals surface area contributed by atoms with Crippen LogP contribution < -0.4 is 5.32 Å². The van der Waals surface area contributed by atoms with Gasteiger partial charge in [-0.05, 0) is 19.2 Å². The predicted molar refractivity (Wildman–Crippen MR) is 57.1 cm³/mol. The molecule has 68 valence electrons. The van der Waals surface area contributed by atoms with Crippen LogP contribution in [0.2, 0.25) is 10.0 Å². The Hall–Kier alpha value is -0.680. The summed E-state index contributed by atoms with van der Waals surface area (Å²) in [6.07, 6.45) is 5.32. The van der Waals surface area contributed by atoms with Crippen LogP contribution in [0.3, 0.4) is 0 Å². The SMILES string of the molecule is C#CC(NC)c1c(Cl)cccc1Cl. The molecular formula is C10H9Cl2N. The quantitative estimate of drug-likeness (QED) is 0.746. The van der Waals surface area contributed by atoms with Crippen molar-refractivity contribution in [3.8, 4) is 12.3 Å². The highest BCUT2D eigenvalue weighted by atomic mass is 35.5.